The minimum absolute atomic E-state index is 0.192. The van der Waals surface area contributed by atoms with E-state index in [0.29, 0.717) is 17.1 Å². The molecule has 1 saturated carbocycles. The third-order valence-corrected chi connectivity index (χ3v) is 3.35. The monoisotopic (exact) mass is 258 g/mol. The number of halogens is 2. The molecule has 2 rings (SSSR count). The molecule has 1 aliphatic carbocycles. The van der Waals surface area contributed by atoms with Gasteiger partial charge < -0.3 is 5.32 Å². The fraction of sp³-hybridized carbons (Fsp3) is 0.455. The third-order valence-electron chi connectivity index (χ3n) is 2.85. The molecule has 5 heteroatoms. The summed E-state index contributed by atoms with van der Waals surface area (Å²) < 4.78 is 0. The van der Waals surface area contributed by atoms with Crippen LogP contribution >= 0.6 is 23.2 Å². The van der Waals surface area contributed by atoms with Crippen molar-refractivity contribution in [1.29, 1.82) is 0 Å². The minimum Gasteiger partial charge on any atom is -0.351 e. The first kappa shape index (κ1) is 11.7. The number of hydrogen-bond acceptors (Lipinski definition) is 2. The molecule has 1 aromatic rings. The molecule has 0 spiro atoms. The summed E-state index contributed by atoms with van der Waals surface area (Å²) in [5, 5.41) is 3.45. The molecule has 1 amide bonds. The maximum atomic E-state index is 11.8. The van der Waals surface area contributed by atoms with Gasteiger partial charge in [-0.3, -0.25) is 4.79 Å². The number of carbonyl (C=O) groups excluding carboxylic acids is 1. The standard InChI is InChI=1S/C11H12Cl2N2O/c1-11(2-3-11)6-15-10(16)7-4-9(13)14-5-8(7)12/h4-5H,2-3,6H2,1H3,(H,15,16). The van der Waals surface area contributed by atoms with E-state index in [-0.39, 0.29) is 16.5 Å². The summed E-state index contributed by atoms with van der Waals surface area (Å²) in [4.78, 5) is 15.6. The Morgan fingerprint density at radius 2 is 2.25 bits per heavy atom. The van der Waals surface area contributed by atoms with Crippen molar-refractivity contribution in [2.75, 3.05) is 6.54 Å². The molecule has 0 aromatic carbocycles. The molecule has 0 atom stereocenters. The highest BCUT2D eigenvalue weighted by molar-refractivity contribution is 6.35. The number of nitrogens with zero attached hydrogens (tertiary/aromatic N) is 1. The van der Waals surface area contributed by atoms with Crippen molar-refractivity contribution in [3.05, 3.63) is 28.0 Å². The molecule has 0 bridgehead atoms. The topological polar surface area (TPSA) is 42.0 Å². The lowest BCUT2D eigenvalue weighted by Crippen LogP contribution is -2.29. The van der Waals surface area contributed by atoms with Crippen LogP contribution in [0.4, 0.5) is 0 Å². The van der Waals surface area contributed by atoms with Gasteiger partial charge in [-0.1, -0.05) is 30.1 Å². The zero-order valence-corrected chi connectivity index (χ0v) is 10.4. The summed E-state index contributed by atoms with van der Waals surface area (Å²) in [7, 11) is 0. The second kappa shape index (κ2) is 4.22. The van der Waals surface area contributed by atoms with Crippen LogP contribution in [0.15, 0.2) is 12.3 Å². The Morgan fingerprint density at radius 1 is 1.56 bits per heavy atom. The SMILES string of the molecule is CC1(CNC(=O)c2cc(Cl)ncc2Cl)CC1. The lowest BCUT2D eigenvalue weighted by molar-refractivity contribution is 0.0946. The van der Waals surface area contributed by atoms with Gasteiger partial charge in [-0.25, -0.2) is 4.98 Å². The predicted octanol–water partition coefficient (Wildman–Crippen LogP) is 2.92. The van der Waals surface area contributed by atoms with Crippen LogP contribution in [0.2, 0.25) is 10.2 Å². The van der Waals surface area contributed by atoms with Gasteiger partial charge in [0, 0.05) is 12.7 Å². The van der Waals surface area contributed by atoms with Gasteiger partial charge in [0.05, 0.1) is 10.6 Å². The van der Waals surface area contributed by atoms with Gasteiger partial charge in [-0.05, 0) is 24.3 Å². The van der Waals surface area contributed by atoms with Crippen LogP contribution in [-0.2, 0) is 0 Å². The Bertz CT molecular complexity index is 430. The van der Waals surface area contributed by atoms with Crippen LogP contribution in [0.5, 0.6) is 0 Å². The fourth-order valence-corrected chi connectivity index (χ4v) is 1.71. The van der Waals surface area contributed by atoms with Crippen LogP contribution in [0, 0.1) is 5.41 Å². The molecule has 0 radical (unpaired) electrons. The van der Waals surface area contributed by atoms with E-state index in [1.165, 1.54) is 12.3 Å². The lowest BCUT2D eigenvalue weighted by Gasteiger charge is -2.10. The number of carbonyl (C=O) groups is 1. The Hall–Kier alpha value is -0.800. The molecule has 86 valence electrons. The summed E-state index contributed by atoms with van der Waals surface area (Å²) in [6.07, 6.45) is 3.72. The van der Waals surface area contributed by atoms with Crippen LogP contribution in [-0.4, -0.2) is 17.4 Å². The normalized spacial score (nSPS) is 16.9. The van der Waals surface area contributed by atoms with E-state index < -0.39 is 0 Å². The van der Waals surface area contributed by atoms with Crippen molar-refractivity contribution >= 4 is 29.1 Å². The van der Waals surface area contributed by atoms with Gasteiger partial charge in [0.2, 0.25) is 0 Å². The number of rotatable bonds is 3. The highest BCUT2D eigenvalue weighted by atomic mass is 35.5. The quantitative estimate of drug-likeness (QED) is 0.848. The van der Waals surface area contributed by atoms with Gasteiger partial charge >= 0.3 is 0 Å². The highest BCUT2D eigenvalue weighted by Crippen LogP contribution is 2.44. The number of nitrogens with one attached hydrogen (secondary N) is 1. The van der Waals surface area contributed by atoms with E-state index >= 15 is 0 Å². The summed E-state index contributed by atoms with van der Waals surface area (Å²) in [6.45, 7) is 2.83. The first-order chi connectivity index (χ1) is 7.50. The molecule has 0 saturated heterocycles. The van der Waals surface area contributed by atoms with E-state index in [4.69, 9.17) is 23.2 Å². The minimum atomic E-state index is -0.192. The van der Waals surface area contributed by atoms with Crippen molar-refractivity contribution in [2.45, 2.75) is 19.8 Å². The average molecular weight is 259 g/mol. The van der Waals surface area contributed by atoms with Gasteiger partial charge in [0.25, 0.3) is 5.91 Å². The van der Waals surface area contributed by atoms with Crippen LogP contribution in [0.1, 0.15) is 30.1 Å². The fourth-order valence-electron chi connectivity index (χ4n) is 1.37. The first-order valence-corrected chi connectivity index (χ1v) is 5.85. The lowest BCUT2D eigenvalue weighted by atomic mass is 10.1. The van der Waals surface area contributed by atoms with Crippen molar-refractivity contribution in [3.8, 4) is 0 Å². The van der Waals surface area contributed by atoms with Gasteiger partial charge in [0.15, 0.2) is 0 Å². The Morgan fingerprint density at radius 3 is 2.88 bits per heavy atom. The van der Waals surface area contributed by atoms with Crippen molar-refractivity contribution < 1.29 is 4.79 Å². The Balaban J connectivity index is 2.05. The molecule has 1 aliphatic rings. The van der Waals surface area contributed by atoms with Crippen LogP contribution in [0.3, 0.4) is 0 Å². The summed E-state index contributed by atoms with van der Waals surface area (Å²) in [6, 6.07) is 1.48. The van der Waals surface area contributed by atoms with Crippen molar-refractivity contribution in [3.63, 3.8) is 0 Å². The number of hydrogen-bond donors (Lipinski definition) is 1. The second-order valence-corrected chi connectivity index (χ2v) is 5.27. The average Bonchev–Trinajstić information content (AvgIpc) is 2.97. The van der Waals surface area contributed by atoms with E-state index in [1.54, 1.807) is 0 Å². The first-order valence-electron chi connectivity index (χ1n) is 5.09. The Labute approximate surface area is 104 Å². The van der Waals surface area contributed by atoms with E-state index in [2.05, 4.69) is 17.2 Å². The third kappa shape index (κ3) is 2.66. The number of pyridine rings is 1. The molecular weight excluding hydrogens is 247 g/mol. The summed E-state index contributed by atoms with van der Waals surface area (Å²) in [5.41, 5.74) is 0.657. The van der Waals surface area contributed by atoms with Crippen LogP contribution < -0.4 is 5.32 Å². The van der Waals surface area contributed by atoms with E-state index in [0.717, 1.165) is 12.8 Å². The van der Waals surface area contributed by atoms with Crippen LogP contribution in [0.25, 0.3) is 0 Å². The zero-order valence-electron chi connectivity index (χ0n) is 8.89. The zero-order chi connectivity index (χ0) is 11.8. The smallest absolute Gasteiger partial charge is 0.252 e. The molecule has 0 unspecified atom stereocenters. The molecule has 1 heterocycles. The number of aromatic nitrogens is 1. The molecule has 3 nitrogen and oxygen atoms in total. The molecular formula is C11H12Cl2N2O. The highest BCUT2D eigenvalue weighted by Gasteiger charge is 2.37. The van der Waals surface area contributed by atoms with Gasteiger partial charge in [-0.2, -0.15) is 0 Å². The van der Waals surface area contributed by atoms with E-state index in [9.17, 15) is 4.79 Å². The summed E-state index contributed by atoms with van der Waals surface area (Å²) in [5.74, 6) is -0.192. The summed E-state index contributed by atoms with van der Waals surface area (Å²) >= 11 is 11.6. The maximum Gasteiger partial charge on any atom is 0.252 e. The molecule has 0 aliphatic heterocycles. The second-order valence-electron chi connectivity index (χ2n) is 4.48. The number of amides is 1. The molecule has 1 fully saturated rings. The van der Waals surface area contributed by atoms with E-state index in [1.807, 2.05) is 0 Å². The molecule has 1 aromatic heterocycles. The molecule has 16 heavy (non-hydrogen) atoms. The largest absolute Gasteiger partial charge is 0.351 e. The van der Waals surface area contributed by atoms with Gasteiger partial charge in [-0.15, -0.1) is 0 Å². The van der Waals surface area contributed by atoms with Crippen molar-refractivity contribution in [2.24, 2.45) is 5.41 Å². The van der Waals surface area contributed by atoms with Gasteiger partial charge in [0.1, 0.15) is 5.15 Å². The maximum absolute atomic E-state index is 11.8. The molecule has 1 N–H and O–H groups in total. The van der Waals surface area contributed by atoms with Crippen molar-refractivity contribution in [1.82, 2.24) is 10.3 Å². The Kier molecular flexibility index (Phi) is 3.08. The predicted molar refractivity (Wildman–Crippen MR) is 63.9 cm³/mol.